The molecule has 0 saturated carbocycles. The lowest BCUT2D eigenvalue weighted by atomic mass is 10.0. The summed E-state index contributed by atoms with van der Waals surface area (Å²) in [6.07, 6.45) is 2.01. The molecule has 1 unspecified atom stereocenters. The second-order valence-corrected chi connectivity index (χ2v) is 5.21. The van der Waals surface area contributed by atoms with Crippen LogP contribution >= 0.6 is 0 Å². The highest BCUT2D eigenvalue weighted by molar-refractivity contribution is 5.67. The third kappa shape index (κ3) is 7.92. The normalized spacial score (nSPS) is 12.6. The molecule has 4 heteroatoms. The maximum Gasteiger partial charge on any atom is 0.304 e. The summed E-state index contributed by atoms with van der Waals surface area (Å²) in [5.41, 5.74) is 1.16. The molecule has 0 amide bonds. The van der Waals surface area contributed by atoms with Crippen molar-refractivity contribution in [2.45, 2.75) is 45.3 Å². The molecule has 0 heterocycles. The SMILES string of the molecule is CC(C)OCCCNC(CC(=O)O)Cc1ccccc1. The summed E-state index contributed by atoms with van der Waals surface area (Å²) in [7, 11) is 0. The van der Waals surface area contributed by atoms with Gasteiger partial charge in [0.2, 0.25) is 0 Å². The number of hydrogen-bond donors (Lipinski definition) is 2. The molecule has 0 aromatic heterocycles. The molecule has 0 bridgehead atoms. The highest BCUT2D eigenvalue weighted by Crippen LogP contribution is 2.06. The fraction of sp³-hybridized carbons (Fsp3) is 0.562. The third-order valence-corrected chi connectivity index (χ3v) is 2.95. The predicted octanol–water partition coefficient (Wildman–Crippen LogP) is 2.48. The first-order valence-corrected chi connectivity index (χ1v) is 7.18. The van der Waals surface area contributed by atoms with Crippen LogP contribution in [0, 0.1) is 0 Å². The van der Waals surface area contributed by atoms with Gasteiger partial charge in [0.15, 0.2) is 0 Å². The van der Waals surface area contributed by atoms with Crippen LogP contribution in [0.4, 0.5) is 0 Å². The van der Waals surface area contributed by atoms with Gasteiger partial charge < -0.3 is 15.2 Å². The minimum absolute atomic E-state index is 0.0334. The standard InChI is InChI=1S/C16H25NO3/c1-13(2)20-10-6-9-17-15(12-16(18)19)11-14-7-4-3-5-8-14/h3-5,7-8,13,15,17H,6,9-12H2,1-2H3,(H,18,19). The Kier molecular flexibility index (Phi) is 7.92. The van der Waals surface area contributed by atoms with E-state index >= 15 is 0 Å². The Hall–Kier alpha value is -1.39. The molecule has 4 nitrogen and oxygen atoms in total. The van der Waals surface area contributed by atoms with E-state index in [1.807, 2.05) is 44.2 Å². The van der Waals surface area contributed by atoms with Gasteiger partial charge in [0.05, 0.1) is 12.5 Å². The summed E-state index contributed by atoms with van der Waals surface area (Å²) in [6.45, 7) is 5.50. The Labute approximate surface area is 121 Å². The van der Waals surface area contributed by atoms with Crippen LogP contribution in [0.15, 0.2) is 30.3 Å². The van der Waals surface area contributed by atoms with Crippen molar-refractivity contribution in [3.8, 4) is 0 Å². The van der Waals surface area contributed by atoms with Gasteiger partial charge in [-0.25, -0.2) is 0 Å². The Morgan fingerprint density at radius 2 is 2.00 bits per heavy atom. The molecule has 1 atom stereocenters. The molecule has 0 radical (unpaired) electrons. The summed E-state index contributed by atoms with van der Waals surface area (Å²) in [6, 6.07) is 9.94. The van der Waals surface area contributed by atoms with E-state index < -0.39 is 5.97 Å². The maximum atomic E-state index is 10.9. The van der Waals surface area contributed by atoms with Gasteiger partial charge in [0.1, 0.15) is 0 Å². The summed E-state index contributed by atoms with van der Waals surface area (Å²) in [5, 5.41) is 12.3. The van der Waals surface area contributed by atoms with Gasteiger partial charge >= 0.3 is 5.97 Å². The second-order valence-electron chi connectivity index (χ2n) is 5.21. The number of rotatable bonds is 10. The quantitative estimate of drug-likeness (QED) is 0.646. The molecule has 0 spiro atoms. The van der Waals surface area contributed by atoms with Gasteiger partial charge in [-0.05, 0) is 38.8 Å². The van der Waals surface area contributed by atoms with Crippen LogP contribution in [0.1, 0.15) is 32.3 Å². The van der Waals surface area contributed by atoms with Crippen LogP contribution in [0.2, 0.25) is 0 Å². The van der Waals surface area contributed by atoms with Crippen molar-refractivity contribution in [2.24, 2.45) is 0 Å². The number of nitrogens with one attached hydrogen (secondary N) is 1. The topological polar surface area (TPSA) is 58.6 Å². The number of benzene rings is 1. The van der Waals surface area contributed by atoms with Crippen LogP contribution in [-0.2, 0) is 16.0 Å². The van der Waals surface area contributed by atoms with Crippen molar-refractivity contribution < 1.29 is 14.6 Å². The first-order valence-electron chi connectivity index (χ1n) is 7.18. The largest absolute Gasteiger partial charge is 0.481 e. The molecule has 2 N–H and O–H groups in total. The van der Waals surface area contributed by atoms with Gasteiger partial charge in [0.25, 0.3) is 0 Å². The summed E-state index contributed by atoms with van der Waals surface area (Å²) in [4.78, 5) is 10.9. The van der Waals surface area contributed by atoms with Crippen molar-refractivity contribution in [1.29, 1.82) is 0 Å². The lowest BCUT2D eigenvalue weighted by Gasteiger charge is -2.17. The molecule has 0 aliphatic carbocycles. The first kappa shape index (κ1) is 16.7. The van der Waals surface area contributed by atoms with Gasteiger partial charge in [-0.2, -0.15) is 0 Å². The zero-order valence-corrected chi connectivity index (χ0v) is 12.3. The molecule has 1 rings (SSSR count). The monoisotopic (exact) mass is 279 g/mol. The van der Waals surface area contributed by atoms with E-state index in [-0.39, 0.29) is 18.6 Å². The molecule has 1 aromatic carbocycles. The molecule has 20 heavy (non-hydrogen) atoms. The average molecular weight is 279 g/mol. The van der Waals surface area contributed by atoms with Crippen LogP contribution in [-0.4, -0.2) is 36.4 Å². The number of hydrogen-bond acceptors (Lipinski definition) is 3. The van der Waals surface area contributed by atoms with E-state index in [0.717, 1.165) is 24.9 Å². The number of carboxylic acid groups (broad SMARTS) is 1. The minimum atomic E-state index is -0.767. The van der Waals surface area contributed by atoms with Crippen LogP contribution in [0.25, 0.3) is 0 Å². The van der Waals surface area contributed by atoms with E-state index in [4.69, 9.17) is 9.84 Å². The number of carbonyl (C=O) groups is 1. The summed E-state index contributed by atoms with van der Waals surface area (Å²) >= 11 is 0. The lowest BCUT2D eigenvalue weighted by Crippen LogP contribution is -2.34. The summed E-state index contributed by atoms with van der Waals surface area (Å²) in [5.74, 6) is -0.767. The van der Waals surface area contributed by atoms with Gasteiger partial charge in [-0.1, -0.05) is 30.3 Å². The molecule has 112 valence electrons. The zero-order valence-electron chi connectivity index (χ0n) is 12.3. The van der Waals surface area contributed by atoms with Gasteiger partial charge in [-0.3, -0.25) is 4.79 Å². The summed E-state index contributed by atoms with van der Waals surface area (Å²) < 4.78 is 5.47. The minimum Gasteiger partial charge on any atom is -0.481 e. The lowest BCUT2D eigenvalue weighted by molar-refractivity contribution is -0.137. The fourth-order valence-corrected chi connectivity index (χ4v) is 2.02. The zero-order chi connectivity index (χ0) is 14.8. The number of carboxylic acids is 1. The smallest absolute Gasteiger partial charge is 0.304 e. The Balaban J connectivity index is 2.34. The van der Waals surface area contributed by atoms with Crippen LogP contribution < -0.4 is 5.32 Å². The van der Waals surface area contributed by atoms with E-state index in [1.54, 1.807) is 0 Å². The van der Waals surface area contributed by atoms with Crippen molar-refractivity contribution in [2.75, 3.05) is 13.2 Å². The average Bonchev–Trinajstić information content (AvgIpc) is 2.38. The van der Waals surface area contributed by atoms with E-state index in [0.29, 0.717) is 6.61 Å². The Bertz CT molecular complexity index is 379. The maximum absolute atomic E-state index is 10.9. The molecular weight excluding hydrogens is 254 g/mol. The highest BCUT2D eigenvalue weighted by Gasteiger charge is 2.13. The molecule has 0 saturated heterocycles. The first-order chi connectivity index (χ1) is 9.58. The van der Waals surface area contributed by atoms with E-state index in [2.05, 4.69) is 5.32 Å². The number of aliphatic carboxylic acids is 1. The fourth-order valence-electron chi connectivity index (χ4n) is 2.02. The van der Waals surface area contributed by atoms with E-state index in [1.165, 1.54) is 0 Å². The highest BCUT2D eigenvalue weighted by atomic mass is 16.5. The second kappa shape index (κ2) is 9.50. The van der Waals surface area contributed by atoms with Crippen molar-refractivity contribution >= 4 is 5.97 Å². The van der Waals surface area contributed by atoms with E-state index in [9.17, 15) is 4.79 Å². The third-order valence-electron chi connectivity index (χ3n) is 2.95. The molecule has 0 aliphatic heterocycles. The van der Waals surface area contributed by atoms with Gasteiger partial charge in [-0.15, -0.1) is 0 Å². The van der Waals surface area contributed by atoms with Crippen molar-refractivity contribution in [3.05, 3.63) is 35.9 Å². The molecule has 0 aliphatic rings. The molecule has 1 aromatic rings. The number of ether oxygens (including phenoxy) is 1. The Morgan fingerprint density at radius 1 is 1.30 bits per heavy atom. The van der Waals surface area contributed by atoms with Crippen molar-refractivity contribution in [1.82, 2.24) is 5.32 Å². The van der Waals surface area contributed by atoms with Crippen LogP contribution in [0.3, 0.4) is 0 Å². The molecular formula is C16H25NO3. The predicted molar refractivity (Wildman–Crippen MR) is 79.9 cm³/mol. The van der Waals surface area contributed by atoms with Gasteiger partial charge in [0, 0.05) is 12.6 Å². The Morgan fingerprint density at radius 3 is 2.60 bits per heavy atom. The van der Waals surface area contributed by atoms with Crippen LogP contribution in [0.5, 0.6) is 0 Å². The molecule has 0 fully saturated rings. The van der Waals surface area contributed by atoms with Crippen molar-refractivity contribution in [3.63, 3.8) is 0 Å².